The van der Waals surface area contributed by atoms with E-state index in [2.05, 4.69) is 0 Å². The Balaban J connectivity index is 1.85. The van der Waals surface area contributed by atoms with E-state index in [1.54, 1.807) is 50.6 Å². The molecule has 0 spiro atoms. The quantitative estimate of drug-likeness (QED) is 0.272. The first-order valence-corrected chi connectivity index (χ1v) is 11.7. The zero-order valence-electron chi connectivity index (χ0n) is 20.8. The molecule has 36 heavy (non-hydrogen) atoms. The molecule has 0 aromatic heterocycles. The molecule has 1 atom stereocenters. The van der Waals surface area contributed by atoms with Gasteiger partial charge in [0.05, 0.1) is 32.4 Å². The maximum absolute atomic E-state index is 13.4. The van der Waals surface area contributed by atoms with E-state index in [1.165, 1.54) is 4.90 Å². The summed E-state index contributed by atoms with van der Waals surface area (Å²) in [5, 5.41) is 11.4. The lowest BCUT2D eigenvalue weighted by Crippen LogP contribution is -2.29. The van der Waals surface area contributed by atoms with Crippen LogP contribution in [0.2, 0.25) is 0 Å². The van der Waals surface area contributed by atoms with Crippen molar-refractivity contribution in [3.63, 3.8) is 0 Å². The van der Waals surface area contributed by atoms with E-state index in [0.717, 1.165) is 11.1 Å². The van der Waals surface area contributed by atoms with Crippen LogP contribution in [-0.4, -0.2) is 42.5 Å². The lowest BCUT2D eigenvalue weighted by atomic mass is 9.93. The molecule has 3 aromatic rings. The molecule has 7 heteroatoms. The fourth-order valence-corrected chi connectivity index (χ4v) is 4.43. The van der Waals surface area contributed by atoms with E-state index in [-0.39, 0.29) is 17.9 Å². The van der Waals surface area contributed by atoms with E-state index >= 15 is 0 Å². The standard InChI is InChI=1S/C29H29NO6/c1-5-36-23-8-6-7-20(16-23)26-25(27(31)24-14-13-22(35-4)15-18(24)2)28(32)29(33)30(26)17-19-9-11-21(34-3)12-10-19/h6-16,26,31H,5,17H2,1-4H3/b27-25+. The summed E-state index contributed by atoms with van der Waals surface area (Å²) < 4.78 is 16.2. The maximum atomic E-state index is 13.4. The van der Waals surface area contributed by atoms with Crippen LogP contribution in [0.1, 0.15) is 35.2 Å². The number of carbonyl (C=O) groups excluding carboxylic acids is 2. The van der Waals surface area contributed by atoms with Crippen LogP contribution in [-0.2, 0) is 16.1 Å². The van der Waals surface area contributed by atoms with E-state index in [9.17, 15) is 14.7 Å². The molecule has 7 nitrogen and oxygen atoms in total. The first kappa shape index (κ1) is 24.9. The highest BCUT2D eigenvalue weighted by atomic mass is 16.5. The average molecular weight is 488 g/mol. The van der Waals surface area contributed by atoms with Gasteiger partial charge in [-0.25, -0.2) is 0 Å². The minimum atomic E-state index is -0.797. The largest absolute Gasteiger partial charge is 0.507 e. The normalized spacial score (nSPS) is 16.8. The zero-order chi connectivity index (χ0) is 25.8. The number of carbonyl (C=O) groups is 2. The molecule has 0 aliphatic carbocycles. The predicted octanol–water partition coefficient (Wildman–Crippen LogP) is 5.03. The Kier molecular flexibility index (Phi) is 7.29. The summed E-state index contributed by atoms with van der Waals surface area (Å²) in [5.41, 5.74) is 2.71. The number of nitrogens with zero attached hydrogens (tertiary/aromatic N) is 1. The Morgan fingerprint density at radius 2 is 1.61 bits per heavy atom. The van der Waals surface area contributed by atoms with Crippen molar-refractivity contribution in [2.45, 2.75) is 26.4 Å². The highest BCUT2D eigenvalue weighted by Crippen LogP contribution is 2.41. The number of aryl methyl sites for hydroxylation is 1. The summed E-state index contributed by atoms with van der Waals surface area (Å²) in [6.45, 7) is 4.35. The minimum absolute atomic E-state index is 0.0374. The Hall–Kier alpha value is -4.26. The molecule has 1 fully saturated rings. The van der Waals surface area contributed by atoms with Crippen molar-refractivity contribution in [1.82, 2.24) is 4.90 Å². The SMILES string of the molecule is CCOc1cccc(C2/C(=C(\O)c3ccc(OC)cc3C)C(=O)C(=O)N2Cc2ccc(OC)cc2)c1. The molecule has 1 aliphatic heterocycles. The molecule has 0 radical (unpaired) electrons. The molecule has 1 saturated heterocycles. The van der Waals surface area contributed by atoms with Gasteiger partial charge in [-0.15, -0.1) is 0 Å². The highest BCUT2D eigenvalue weighted by molar-refractivity contribution is 6.46. The predicted molar refractivity (Wildman–Crippen MR) is 136 cm³/mol. The zero-order valence-corrected chi connectivity index (χ0v) is 20.8. The van der Waals surface area contributed by atoms with Crippen molar-refractivity contribution in [3.8, 4) is 17.2 Å². The molecule has 1 heterocycles. The summed E-state index contributed by atoms with van der Waals surface area (Å²) in [5.74, 6) is 0.304. The molecule has 1 unspecified atom stereocenters. The van der Waals surface area contributed by atoms with E-state index in [1.807, 2.05) is 44.2 Å². The molecule has 1 N–H and O–H groups in total. The van der Waals surface area contributed by atoms with Gasteiger partial charge in [-0.05, 0) is 73.0 Å². The van der Waals surface area contributed by atoms with Gasteiger partial charge in [-0.1, -0.05) is 24.3 Å². The number of methoxy groups -OCH3 is 2. The Morgan fingerprint density at radius 3 is 2.25 bits per heavy atom. The van der Waals surface area contributed by atoms with Crippen molar-refractivity contribution < 1.29 is 28.9 Å². The van der Waals surface area contributed by atoms with Crippen LogP contribution in [0.3, 0.4) is 0 Å². The fraction of sp³-hybridized carbons (Fsp3) is 0.241. The molecule has 3 aromatic carbocycles. The van der Waals surface area contributed by atoms with Crippen molar-refractivity contribution in [2.75, 3.05) is 20.8 Å². The topological polar surface area (TPSA) is 85.3 Å². The highest BCUT2D eigenvalue weighted by Gasteiger charge is 2.46. The van der Waals surface area contributed by atoms with Crippen molar-refractivity contribution in [1.29, 1.82) is 0 Å². The van der Waals surface area contributed by atoms with E-state index < -0.39 is 17.7 Å². The number of rotatable bonds is 8. The van der Waals surface area contributed by atoms with Crippen LogP contribution < -0.4 is 14.2 Å². The van der Waals surface area contributed by atoms with Crippen LogP contribution in [0.15, 0.2) is 72.3 Å². The van der Waals surface area contributed by atoms with Gasteiger partial charge in [0.25, 0.3) is 11.7 Å². The van der Waals surface area contributed by atoms with Crippen molar-refractivity contribution in [2.24, 2.45) is 0 Å². The maximum Gasteiger partial charge on any atom is 0.295 e. The molecule has 186 valence electrons. The number of likely N-dealkylation sites (tertiary alicyclic amines) is 1. The molecular formula is C29H29NO6. The van der Waals surface area contributed by atoms with Crippen LogP contribution in [0, 0.1) is 6.92 Å². The molecule has 4 rings (SSSR count). The van der Waals surface area contributed by atoms with Crippen molar-refractivity contribution in [3.05, 3.63) is 94.6 Å². The summed E-state index contributed by atoms with van der Waals surface area (Å²) >= 11 is 0. The van der Waals surface area contributed by atoms with Gasteiger partial charge in [-0.3, -0.25) is 9.59 Å². The number of ketones is 1. The average Bonchev–Trinajstić information content (AvgIpc) is 3.14. The monoisotopic (exact) mass is 487 g/mol. The van der Waals surface area contributed by atoms with Gasteiger partial charge >= 0.3 is 0 Å². The number of ether oxygens (including phenoxy) is 3. The third-order valence-corrected chi connectivity index (χ3v) is 6.23. The second kappa shape index (κ2) is 10.6. The smallest absolute Gasteiger partial charge is 0.295 e. The Bertz CT molecular complexity index is 1310. The third kappa shape index (κ3) is 4.77. The number of aliphatic hydroxyl groups is 1. The first-order chi connectivity index (χ1) is 17.4. The van der Waals surface area contributed by atoms with Gasteiger partial charge in [-0.2, -0.15) is 0 Å². The molecule has 0 saturated carbocycles. The first-order valence-electron chi connectivity index (χ1n) is 11.7. The van der Waals surface area contributed by atoms with Crippen molar-refractivity contribution >= 4 is 17.4 Å². The number of benzene rings is 3. The third-order valence-electron chi connectivity index (χ3n) is 6.23. The van der Waals surface area contributed by atoms with Gasteiger partial charge in [0.2, 0.25) is 0 Å². The number of hydrogen-bond acceptors (Lipinski definition) is 6. The number of Topliss-reactive ketones (excluding diaryl/α,β-unsaturated/α-hetero) is 1. The summed E-state index contributed by atoms with van der Waals surface area (Å²) in [4.78, 5) is 28.2. The molecule has 1 aliphatic rings. The van der Waals surface area contributed by atoms with Gasteiger partial charge in [0.1, 0.15) is 23.0 Å². The second-order valence-corrected chi connectivity index (χ2v) is 8.46. The van der Waals surface area contributed by atoms with E-state index in [0.29, 0.717) is 35.0 Å². The fourth-order valence-electron chi connectivity index (χ4n) is 4.43. The van der Waals surface area contributed by atoms with Crippen LogP contribution in [0.4, 0.5) is 0 Å². The summed E-state index contributed by atoms with van der Waals surface area (Å²) in [7, 11) is 3.14. The van der Waals surface area contributed by atoms with Gasteiger partial charge in [0, 0.05) is 12.1 Å². The minimum Gasteiger partial charge on any atom is -0.507 e. The molecule has 1 amide bonds. The summed E-state index contributed by atoms with van der Waals surface area (Å²) in [6, 6.07) is 18.9. The molecular weight excluding hydrogens is 458 g/mol. The molecule has 0 bridgehead atoms. The van der Waals surface area contributed by atoms with Crippen LogP contribution >= 0.6 is 0 Å². The van der Waals surface area contributed by atoms with E-state index in [4.69, 9.17) is 14.2 Å². The lowest BCUT2D eigenvalue weighted by molar-refractivity contribution is -0.140. The number of amides is 1. The number of hydrogen-bond donors (Lipinski definition) is 1. The Morgan fingerprint density at radius 1 is 0.917 bits per heavy atom. The van der Waals surface area contributed by atoms with Gasteiger partial charge in [0.15, 0.2) is 0 Å². The van der Waals surface area contributed by atoms with Gasteiger partial charge < -0.3 is 24.2 Å². The summed E-state index contributed by atoms with van der Waals surface area (Å²) in [6.07, 6.45) is 0. The van der Waals surface area contributed by atoms with Crippen LogP contribution in [0.5, 0.6) is 17.2 Å². The second-order valence-electron chi connectivity index (χ2n) is 8.46. The number of aliphatic hydroxyl groups excluding tert-OH is 1. The Labute approximate surface area is 210 Å². The van der Waals surface area contributed by atoms with Crippen LogP contribution in [0.25, 0.3) is 5.76 Å². The lowest BCUT2D eigenvalue weighted by Gasteiger charge is -2.26.